The Morgan fingerprint density at radius 3 is 2.86 bits per heavy atom. The molecule has 0 aromatic carbocycles. The summed E-state index contributed by atoms with van der Waals surface area (Å²) in [6.07, 6.45) is 1.61. The van der Waals surface area contributed by atoms with Gasteiger partial charge in [-0.05, 0) is 0 Å². The number of hydrogen-bond acceptors (Lipinski definition) is 1. The van der Waals surface area contributed by atoms with Gasteiger partial charge in [-0.25, -0.2) is 0 Å². The first-order valence-electron chi connectivity index (χ1n) is 1.70. The molecule has 0 saturated heterocycles. The minimum Gasteiger partial charge on any atom is -0.350 e. The Balaban J connectivity index is 3.00. The van der Waals surface area contributed by atoms with Crippen LogP contribution in [0.3, 0.4) is 0 Å². The van der Waals surface area contributed by atoms with Gasteiger partial charge in [0, 0.05) is 6.20 Å². The number of rotatable bonds is 0. The largest absolute Gasteiger partial charge is 0.350 e. The summed E-state index contributed by atoms with van der Waals surface area (Å²) in [5, 5.41) is 1.72. The van der Waals surface area contributed by atoms with Gasteiger partial charge in [-0.15, -0.1) is 4.16 Å². The van der Waals surface area contributed by atoms with Crippen LogP contribution < -0.4 is 4.16 Å². The fourth-order valence-electron chi connectivity index (χ4n) is 0.278. The summed E-state index contributed by atoms with van der Waals surface area (Å²) in [7, 11) is -0.426. The van der Waals surface area contributed by atoms with Crippen molar-refractivity contribution in [2.24, 2.45) is 4.99 Å². The van der Waals surface area contributed by atoms with Crippen molar-refractivity contribution in [2.45, 2.75) is 0 Å². The molecular weight excluding hydrogens is 110 g/mol. The van der Waals surface area contributed by atoms with Crippen molar-refractivity contribution in [1.82, 2.24) is 4.16 Å². The highest BCUT2D eigenvalue weighted by molar-refractivity contribution is 8.02. The summed E-state index contributed by atoms with van der Waals surface area (Å²) >= 11 is 0. The van der Waals surface area contributed by atoms with E-state index in [2.05, 4.69) is 9.15 Å². The fourth-order valence-corrected chi connectivity index (χ4v) is 0.835. The van der Waals surface area contributed by atoms with Gasteiger partial charge in [-0.1, -0.05) is 0 Å². The van der Waals surface area contributed by atoms with Crippen LogP contribution in [-0.2, 0) is 10.7 Å². The molecule has 1 unspecified atom stereocenters. The van der Waals surface area contributed by atoms with E-state index in [4.69, 9.17) is 5.53 Å². The lowest BCUT2D eigenvalue weighted by Crippen LogP contribution is -1.79. The van der Waals surface area contributed by atoms with Gasteiger partial charge in [0.05, 0.1) is 5.41 Å². The summed E-state index contributed by atoms with van der Waals surface area (Å²) in [6.45, 7) is 0. The van der Waals surface area contributed by atoms with E-state index in [1.807, 2.05) is 0 Å². The second-order valence-corrected chi connectivity index (χ2v) is 2.31. The summed E-state index contributed by atoms with van der Waals surface area (Å²) in [4.78, 5) is 3.69. The van der Waals surface area contributed by atoms with Crippen molar-refractivity contribution >= 4 is 16.2 Å². The minimum atomic E-state index is -0.426. The van der Waals surface area contributed by atoms with Gasteiger partial charge in [0.15, 0.2) is 0 Å². The molecular formula is C3H3N3S. The van der Waals surface area contributed by atoms with Crippen molar-refractivity contribution in [2.75, 3.05) is 0 Å². The molecule has 1 aliphatic heterocycles. The smallest absolute Gasteiger partial charge is 0.228 e. The van der Waals surface area contributed by atoms with E-state index in [0.29, 0.717) is 0 Å². The highest BCUT2D eigenvalue weighted by atomic mass is 32.2. The third kappa shape index (κ3) is 0.824. The maximum atomic E-state index is 8.06. The molecule has 0 N–H and O–H groups in total. The third-order valence-electron chi connectivity index (χ3n) is 0.549. The highest BCUT2D eigenvalue weighted by Gasteiger charge is 1.95. The van der Waals surface area contributed by atoms with E-state index < -0.39 is 10.7 Å². The molecule has 0 aliphatic carbocycles. The summed E-state index contributed by atoms with van der Waals surface area (Å²) < 4.78 is 2.98. The van der Waals surface area contributed by atoms with E-state index in [1.54, 1.807) is 17.2 Å². The van der Waals surface area contributed by atoms with Crippen molar-refractivity contribution in [3.63, 3.8) is 0 Å². The molecule has 1 heterocycles. The zero-order valence-electron chi connectivity index (χ0n) is 3.48. The van der Waals surface area contributed by atoms with Crippen LogP contribution in [0.5, 0.6) is 0 Å². The second kappa shape index (κ2) is 1.82. The molecule has 0 amide bonds. The van der Waals surface area contributed by atoms with Gasteiger partial charge in [-0.3, -0.25) is 4.99 Å². The first-order chi connectivity index (χ1) is 3.43. The Morgan fingerprint density at radius 1 is 1.71 bits per heavy atom. The predicted octanol–water partition coefficient (Wildman–Crippen LogP) is 0.390. The van der Waals surface area contributed by atoms with Crippen molar-refractivity contribution in [3.05, 3.63) is 17.1 Å². The molecule has 36 valence electrons. The van der Waals surface area contributed by atoms with Gasteiger partial charge >= 0.3 is 0 Å². The molecule has 0 spiro atoms. The summed E-state index contributed by atoms with van der Waals surface area (Å²) in [6, 6.07) is 0. The van der Waals surface area contributed by atoms with Crippen LogP contribution in [0, 0.1) is 0 Å². The standard InChI is InChI=1S/C3H3N3S/c4-6-7-2-1-5-3-7/h1-3H. The van der Waals surface area contributed by atoms with Crippen LogP contribution in [0.25, 0.3) is 5.53 Å². The normalized spacial score (nSPS) is 25.4. The monoisotopic (exact) mass is 113 g/mol. The van der Waals surface area contributed by atoms with Crippen LogP contribution in [0.15, 0.2) is 16.6 Å². The lowest BCUT2D eigenvalue weighted by molar-refractivity contribution is 1.65. The Morgan fingerprint density at radius 2 is 2.57 bits per heavy atom. The van der Waals surface area contributed by atoms with Crippen molar-refractivity contribution in [3.8, 4) is 0 Å². The Bertz CT molecular complexity index is 161. The minimum absolute atomic E-state index is 0.426. The molecule has 0 aromatic heterocycles. The van der Waals surface area contributed by atoms with Gasteiger partial charge in [0.25, 0.3) is 0 Å². The third-order valence-corrected chi connectivity index (χ3v) is 1.48. The van der Waals surface area contributed by atoms with Crippen molar-refractivity contribution < 1.29 is 0 Å². The van der Waals surface area contributed by atoms with Gasteiger partial charge in [-0.2, -0.15) is 0 Å². The van der Waals surface area contributed by atoms with Crippen molar-refractivity contribution in [1.29, 1.82) is 0 Å². The maximum Gasteiger partial charge on any atom is 0.228 e. The molecule has 0 saturated carbocycles. The molecule has 0 fully saturated rings. The summed E-state index contributed by atoms with van der Waals surface area (Å²) in [5.74, 6) is 0. The van der Waals surface area contributed by atoms with Crippen LogP contribution in [-0.4, -0.2) is 5.55 Å². The topological polar surface area (TPSA) is 48.8 Å². The number of hydrogen-bond donors (Lipinski definition) is 0. The molecule has 1 atom stereocenters. The average Bonchev–Trinajstić information content (AvgIpc) is 2.14. The molecule has 1 rings (SSSR count). The molecule has 4 heteroatoms. The average molecular weight is 113 g/mol. The van der Waals surface area contributed by atoms with Crippen LogP contribution in [0.4, 0.5) is 0 Å². The fraction of sp³-hybridized carbons (Fsp3) is 0. The Hall–Kier alpha value is -0.730. The van der Waals surface area contributed by atoms with E-state index >= 15 is 0 Å². The first-order valence-corrected chi connectivity index (χ1v) is 3.01. The first kappa shape index (κ1) is 4.43. The molecule has 1 aliphatic rings. The number of aliphatic imine (C=N–C) groups is 1. The predicted molar refractivity (Wildman–Crippen MR) is 30.5 cm³/mol. The van der Waals surface area contributed by atoms with E-state index in [9.17, 15) is 0 Å². The van der Waals surface area contributed by atoms with Crippen LogP contribution in [0.2, 0.25) is 0 Å². The Labute approximate surface area is 43.4 Å². The molecule has 0 bridgehead atoms. The lowest BCUT2D eigenvalue weighted by Gasteiger charge is -1.59. The van der Waals surface area contributed by atoms with Gasteiger partial charge < -0.3 is 5.53 Å². The molecule has 0 radical (unpaired) electrons. The Kier molecular flexibility index (Phi) is 1.15. The van der Waals surface area contributed by atoms with Gasteiger partial charge in [0.2, 0.25) is 10.7 Å². The number of nitrogens with zero attached hydrogens (tertiary/aromatic N) is 3. The quantitative estimate of drug-likeness (QED) is 0.322. The zero-order chi connectivity index (χ0) is 5.11. The van der Waals surface area contributed by atoms with E-state index in [0.717, 1.165) is 0 Å². The SMILES string of the molecule is [N-]=[N+]=S1C=CN=C1. The van der Waals surface area contributed by atoms with Crippen LogP contribution >= 0.6 is 0 Å². The van der Waals surface area contributed by atoms with Gasteiger partial charge in [0.1, 0.15) is 5.55 Å². The summed E-state index contributed by atoms with van der Waals surface area (Å²) in [5.41, 5.74) is 9.64. The highest BCUT2D eigenvalue weighted by Crippen LogP contribution is 1.89. The van der Waals surface area contributed by atoms with E-state index in [-0.39, 0.29) is 0 Å². The zero-order valence-corrected chi connectivity index (χ0v) is 4.30. The molecule has 0 aromatic rings. The second-order valence-electron chi connectivity index (χ2n) is 0.968. The molecule has 3 nitrogen and oxygen atoms in total. The molecule has 7 heavy (non-hydrogen) atoms. The van der Waals surface area contributed by atoms with E-state index in [1.165, 1.54) is 0 Å². The lowest BCUT2D eigenvalue weighted by atomic mass is 11.1. The van der Waals surface area contributed by atoms with Crippen LogP contribution in [0.1, 0.15) is 0 Å². The maximum absolute atomic E-state index is 8.06.